The molecule has 6 unspecified atom stereocenters. The molecule has 3 aliphatic carbocycles. The normalized spacial score (nSPS) is 46.2. The maximum atomic E-state index is 7.00. The smallest absolute Gasteiger partial charge is 0.0319 e. The lowest BCUT2D eigenvalue weighted by Gasteiger charge is -2.65. The summed E-state index contributed by atoms with van der Waals surface area (Å²) in [7, 11) is 3.43. The van der Waals surface area contributed by atoms with Gasteiger partial charge in [0.25, 0.3) is 0 Å². The standard InChI is InChI=1S/C20H35N.CH4O/c1-3-6-15-9-10-18-19-13-16-7-4-5-8-17(16)20(18,14-15)11-12-21(19)2;1-2/h15-19H,3-14H2,1-2H3;2H,1H3. The molecule has 1 aliphatic heterocycles. The van der Waals surface area contributed by atoms with Crippen LogP contribution in [-0.2, 0) is 0 Å². The Morgan fingerprint density at radius 3 is 2.61 bits per heavy atom. The van der Waals surface area contributed by atoms with E-state index in [-0.39, 0.29) is 0 Å². The highest BCUT2D eigenvalue weighted by atomic mass is 16.2. The fraction of sp³-hybridized carbons (Fsp3) is 1.00. The highest BCUT2D eigenvalue weighted by molar-refractivity contribution is 5.10. The Kier molecular flexibility index (Phi) is 5.73. The van der Waals surface area contributed by atoms with Gasteiger partial charge in [-0.2, -0.15) is 0 Å². The molecule has 4 fully saturated rings. The molecule has 134 valence electrons. The topological polar surface area (TPSA) is 23.5 Å². The molecule has 3 saturated carbocycles. The van der Waals surface area contributed by atoms with Crippen LogP contribution in [-0.4, -0.2) is 36.8 Å². The van der Waals surface area contributed by atoms with Gasteiger partial charge < -0.3 is 10.0 Å². The Labute approximate surface area is 144 Å². The lowest BCUT2D eigenvalue weighted by atomic mass is 9.44. The van der Waals surface area contributed by atoms with Crippen LogP contribution in [0.2, 0.25) is 0 Å². The van der Waals surface area contributed by atoms with E-state index in [1.54, 1.807) is 38.5 Å². The van der Waals surface area contributed by atoms with E-state index in [9.17, 15) is 0 Å². The molecule has 0 aromatic heterocycles. The molecule has 1 saturated heterocycles. The van der Waals surface area contributed by atoms with Crippen LogP contribution in [0.25, 0.3) is 0 Å². The third-order valence-electron chi connectivity index (χ3n) is 8.14. The van der Waals surface area contributed by atoms with E-state index < -0.39 is 0 Å². The predicted molar refractivity (Wildman–Crippen MR) is 97.4 cm³/mol. The van der Waals surface area contributed by atoms with Crippen molar-refractivity contribution >= 4 is 0 Å². The quantitative estimate of drug-likeness (QED) is 0.796. The van der Waals surface area contributed by atoms with Crippen molar-refractivity contribution in [2.45, 2.75) is 83.6 Å². The summed E-state index contributed by atoms with van der Waals surface area (Å²) in [6, 6.07) is 0.945. The minimum absolute atomic E-state index is 0.776. The molecule has 0 radical (unpaired) electrons. The molecule has 0 aromatic rings. The van der Waals surface area contributed by atoms with Gasteiger partial charge in [0, 0.05) is 13.2 Å². The summed E-state index contributed by atoms with van der Waals surface area (Å²) in [6.07, 6.45) is 16.9. The number of nitrogens with zero attached hydrogens (tertiary/aromatic N) is 1. The largest absolute Gasteiger partial charge is 0.400 e. The fourth-order valence-electron chi connectivity index (χ4n) is 7.38. The molecule has 0 aromatic carbocycles. The van der Waals surface area contributed by atoms with Crippen molar-refractivity contribution in [1.82, 2.24) is 4.90 Å². The van der Waals surface area contributed by atoms with Crippen molar-refractivity contribution in [2.24, 2.45) is 29.1 Å². The summed E-state index contributed by atoms with van der Waals surface area (Å²) >= 11 is 0. The van der Waals surface area contributed by atoms with Gasteiger partial charge in [-0.05, 0) is 74.8 Å². The van der Waals surface area contributed by atoms with Gasteiger partial charge in [-0.1, -0.05) is 45.4 Å². The highest BCUT2D eigenvalue weighted by Gasteiger charge is 2.59. The first-order valence-electron chi connectivity index (χ1n) is 10.4. The molecule has 2 nitrogen and oxygen atoms in total. The number of likely N-dealkylation sites (tertiary alicyclic amines) is 1. The van der Waals surface area contributed by atoms with Gasteiger partial charge in [-0.25, -0.2) is 0 Å². The van der Waals surface area contributed by atoms with Gasteiger partial charge in [0.1, 0.15) is 0 Å². The van der Waals surface area contributed by atoms with Crippen molar-refractivity contribution in [3.63, 3.8) is 0 Å². The zero-order chi connectivity index (χ0) is 16.4. The summed E-state index contributed by atoms with van der Waals surface area (Å²) in [5.41, 5.74) is 0.776. The van der Waals surface area contributed by atoms with E-state index in [0.717, 1.165) is 42.2 Å². The molecular weight excluding hydrogens is 282 g/mol. The molecular formula is C21H39NO. The monoisotopic (exact) mass is 321 g/mol. The van der Waals surface area contributed by atoms with Gasteiger partial charge in [-0.15, -0.1) is 0 Å². The van der Waals surface area contributed by atoms with Gasteiger partial charge in [0.15, 0.2) is 0 Å². The van der Waals surface area contributed by atoms with Gasteiger partial charge in [-0.3, -0.25) is 0 Å². The van der Waals surface area contributed by atoms with Gasteiger partial charge in [0.2, 0.25) is 0 Å². The van der Waals surface area contributed by atoms with Crippen molar-refractivity contribution in [1.29, 1.82) is 0 Å². The van der Waals surface area contributed by atoms with Crippen LogP contribution in [0, 0.1) is 29.1 Å². The molecule has 6 atom stereocenters. The third-order valence-corrected chi connectivity index (χ3v) is 8.14. The molecule has 2 bridgehead atoms. The lowest BCUT2D eigenvalue weighted by Crippen LogP contribution is -2.63. The second-order valence-electron chi connectivity index (χ2n) is 8.96. The van der Waals surface area contributed by atoms with Crippen LogP contribution in [0.5, 0.6) is 0 Å². The van der Waals surface area contributed by atoms with Crippen molar-refractivity contribution < 1.29 is 5.11 Å². The van der Waals surface area contributed by atoms with Crippen LogP contribution >= 0.6 is 0 Å². The number of aliphatic hydroxyl groups is 1. The summed E-state index contributed by atoms with van der Waals surface area (Å²) in [5, 5.41) is 7.00. The highest BCUT2D eigenvalue weighted by Crippen LogP contribution is 2.64. The molecule has 0 amide bonds. The molecule has 23 heavy (non-hydrogen) atoms. The number of fused-ring (bicyclic) bond motifs is 1. The SMILES string of the molecule is CCCC1CCC2C3CC4CCCCC4C2(CCN3C)C1.CO. The Bertz CT molecular complexity index is 380. The average Bonchev–Trinajstić information content (AvgIpc) is 2.60. The Hall–Kier alpha value is -0.0800. The summed E-state index contributed by atoms with van der Waals surface area (Å²) < 4.78 is 0. The zero-order valence-electron chi connectivity index (χ0n) is 15.8. The number of hydrogen-bond acceptors (Lipinski definition) is 2. The Balaban J connectivity index is 0.000000753. The third kappa shape index (κ3) is 2.99. The van der Waals surface area contributed by atoms with E-state index in [0.29, 0.717) is 0 Å². The number of hydrogen-bond donors (Lipinski definition) is 1. The second-order valence-corrected chi connectivity index (χ2v) is 8.96. The summed E-state index contributed by atoms with van der Waals surface area (Å²) in [6.45, 7) is 3.79. The summed E-state index contributed by atoms with van der Waals surface area (Å²) in [4.78, 5) is 2.76. The average molecular weight is 322 g/mol. The van der Waals surface area contributed by atoms with Crippen molar-refractivity contribution in [2.75, 3.05) is 20.7 Å². The van der Waals surface area contributed by atoms with Crippen molar-refractivity contribution in [3.8, 4) is 0 Å². The molecule has 4 rings (SSSR count). The van der Waals surface area contributed by atoms with E-state index in [4.69, 9.17) is 5.11 Å². The van der Waals surface area contributed by atoms with E-state index in [2.05, 4.69) is 18.9 Å². The number of rotatable bonds is 2. The first-order chi connectivity index (χ1) is 11.2. The van der Waals surface area contributed by atoms with Crippen LogP contribution in [0.4, 0.5) is 0 Å². The van der Waals surface area contributed by atoms with E-state index in [1.165, 1.54) is 38.6 Å². The minimum atomic E-state index is 0.776. The maximum absolute atomic E-state index is 7.00. The minimum Gasteiger partial charge on any atom is -0.400 e. The first kappa shape index (κ1) is 17.7. The molecule has 4 aliphatic rings. The maximum Gasteiger partial charge on any atom is 0.0319 e. The van der Waals surface area contributed by atoms with Gasteiger partial charge >= 0.3 is 0 Å². The Morgan fingerprint density at radius 2 is 1.83 bits per heavy atom. The molecule has 1 heterocycles. The van der Waals surface area contributed by atoms with Crippen molar-refractivity contribution in [3.05, 3.63) is 0 Å². The Morgan fingerprint density at radius 1 is 1.04 bits per heavy atom. The molecule has 1 N–H and O–H groups in total. The van der Waals surface area contributed by atoms with E-state index in [1.807, 2.05) is 0 Å². The zero-order valence-corrected chi connectivity index (χ0v) is 15.8. The fourth-order valence-corrected chi connectivity index (χ4v) is 7.38. The molecule has 0 spiro atoms. The number of piperidine rings is 1. The van der Waals surface area contributed by atoms with Crippen LogP contribution < -0.4 is 0 Å². The van der Waals surface area contributed by atoms with Crippen LogP contribution in [0.15, 0.2) is 0 Å². The second kappa shape index (κ2) is 7.44. The predicted octanol–water partition coefficient (Wildman–Crippen LogP) is 4.71. The van der Waals surface area contributed by atoms with Crippen LogP contribution in [0.1, 0.15) is 77.6 Å². The van der Waals surface area contributed by atoms with Crippen LogP contribution in [0.3, 0.4) is 0 Å². The first-order valence-corrected chi connectivity index (χ1v) is 10.4. The van der Waals surface area contributed by atoms with Gasteiger partial charge in [0.05, 0.1) is 0 Å². The molecule has 2 heteroatoms. The lowest BCUT2D eigenvalue weighted by molar-refractivity contribution is -0.157. The summed E-state index contributed by atoms with van der Waals surface area (Å²) in [5.74, 6) is 4.32. The van der Waals surface area contributed by atoms with E-state index >= 15 is 0 Å². The number of aliphatic hydroxyl groups excluding tert-OH is 1.